The Morgan fingerprint density at radius 3 is 2.77 bits per heavy atom. The van der Waals surface area contributed by atoms with E-state index in [1.165, 1.54) is 32.1 Å². The summed E-state index contributed by atoms with van der Waals surface area (Å²) < 4.78 is 0.941. The van der Waals surface area contributed by atoms with Crippen molar-refractivity contribution in [3.05, 3.63) is 9.98 Å². The molecule has 1 fully saturated rings. The second-order valence-electron chi connectivity index (χ2n) is 3.45. The molecule has 1 aliphatic carbocycles. The van der Waals surface area contributed by atoms with E-state index in [2.05, 4.69) is 26.2 Å². The summed E-state index contributed by atoms with van der Waals surface area (Å²) in [6, 6.07) is 0.659. The van der Waals surface area contributed by atoms with Crippen LogP contribution < -0.4 is 5.32 Å². The van der Waals surface area contributed by atoms with E-state index in [0.29, 0.717) is 6.04 Å². The van der Waals surface area contributed by atoms with Gasteiger partial charge in [0.1, 0.15) is 4.60 Å². The van der Waals surface area contributed by atoms with Crippen molar-refractivity contribution in [2.45, 2.75) is 38.1 Å². The summed E-state index contributed by atoms with van der Waals surface area (Å²) in [7, 11) is 0. The van der Waals surface area contributed by atoms with Gasteiger partial charge in [-0.15, -0.1) is 11.3 Å². The molecule has 4 heteroatoms. The summed E-state index contributed by atoms with van der Waals surface area (Å²) in [6.07, 6.45) is 6.74. The average Bonchev–Trinajstić information content (AvgIpc) is 2.53. The highest BCUT2D eigenvalue weighted by Gasteiger charge is 2.13. The maximum atomic E-state index is 4.33. The van der Waals surface area contributed by atoms with Crippen molar-refractivity contribution in [3.63, 3.8) is 0 Å². The molecule has 1 heterocycles. The third-order valence-corrected chi connectivity index (χ3v) is 3.89. The fraction of sp³-hybridized carbons (Fsp3) is 0.667. The molecule has 1 saturated carbocycles. The van der Waals surface area contributed by atoms with Crippen LogP contribution in [0.1, 0.15) is 32.1 Å². The number of thiazole rings is 1. The van der Waals surface area contributed by atoms with E-state index in [1.54, 1.807) is 11.3 Å². The Morgan fingerprint density at radius 2 is 2.15 bits per heavy atom. The molecule has 1 N–H and O–H groups in total. The molecule has 1 aromatic heterocycles. The van der Waals surface area contributed by atoms with E-state index >= 15 is 0 Å². The fourth-order valence-corrected chi connectivity index (χ4v) is 2.96. The third-order valence-electron chi connectivity index (χ3n) is 2.41. The SMILES string of the molecule is Brc1csc(NC2CCCCC2)n1. The van der Waals surface area contributed by atoms with Crippen LogP contribution in [0.4, 0.5) is 5.13 Å². The van der Waals surface area contributed by atoms with Crippen molar-refractivity contribution < 1.29 is 0 Å². The minimum atomic E-state index is 0.659. The lowest BCUT2D eigenvalue weighted by Gasteiger charge is -2.22. The highest BCUT2D eigenvalue weighted by Crippen LogP contribution is 2.25. The van der Waals surface area contributed by atoms with Crippen molar-refractivity contribution >= 4 is 32.4 Å². The molecule has 0 atom stereocenters. The number of nitrogens with zero attached hydrogens (tertiary/aromatic N) is 1. The van der Waals surface area contributed by atoms with E-state index in [-0.39, 0.29) is 0 Å². The zero-order valence-corrected chi connectivity index (χ0v) is 9.83. The minimum Gasteiger partial charge on any atom is -0.359 e. The van der Waals surface area contributed by atoms with Gasteiger partial charge in [-0.3, -0.25) is 0 Å². The van der Waals surface area contributed by atoms with Gasteiger partial charge < -0.3 is 5.32 Å². The third kappa shape index (κ3) is 2.68. The van der Waals surface area contributed by atoms with Crippen LogP contribution in [0.3, 0.4) is 0 Å². The Labute approximate surface area is 90.9 Å². The van der Waals surface area contributed by atoms with Crippen molar-refractivity contribution in [1.82, 2.24) is 4.98 Å². The first kappa shape index (κ1) is 9.46. The molecular formula is C9H13BrN2S. The van der Waals surface area contributed by atoms with Gasteiger partial charge in [-0.1, -0.05) is 19.3 Å². The van der Waals surface area contributed by atoms with Gasteiger partial charge in [0.15, 0.2) is 5.13 Å². The monoisotopic (exact) mass is 260 g/mol. The molecular weight excluding hydrogens is 248 g/mol. The summed E-state index contributed by atoms with van der Waals surface area (Å²) in [5, 5.41) is 6.55. The van der Waals surface area contributed by atoms with E-state index < -0.39 is 0 Å². The number of hydrogen-bond donors (Lipinski definition) is 1. The van der Waals surface area contributed by atoms with Crippen LogP contribution >= 0.6 is 27.3 Å². The zero-order chi connectivity index (χ0) is 9.10. The van der Waals surface area contributed by atoms with Crippen molar-refractivity contribution in [2.75, 3.05) is 5.32 Å². The van der Waals surface area contributed by atoms with E-state index in [0.717, 1.165) is 9.73 Å². The predicted molar refractivity (Wildman–Crippen MR) is 60.3 cm³/mol. The average molecular weight is 261 g/mol. The van der Waals surface area contributed by atoms with Gasteiger partial charge in [0.05, 0.1) is 0 Å². The molecule has 0 bridgehead atoms. The van der Waals surface area contributed by atoms with E-state index in [1.807, 2.05) is 5.38 Å². The van der Waals surface area contributed by atoms with Crippen LogP contribution in [0.25, 0.3) is 0 Å². The maximum absolute atomic E-state index is 4.33. The molecule has 2 nitrogen and oxygen atoms in total. The largest absolute Gasteiger partial charge is 0.359 e. The van der Waals surface area contributed by atoms with Crippen LogP contribution in [0.15, 0.2) is 9.98 Å². The van der Waals surface area contributed by atoms with Gasteiger partial charge >= 0.3 is 0 Å². The molecule has 0 spiro atoms. The second-order valence-corrected chi connectivity index (χ2v) is 5.13. The Kier molecular flexibility index (Phi) is 3.22. The number of anilines is 1. The molecule has 72 valence electrons. The van der Waals surface area contributed by atoms with Gasteiger partial charge in [0.25, 0.3) is 0 Å². The van der Waals surface area contributed by atoms with Crippen molar-refractivity contribution in [3.8, 4) is 0 Å². The summed E-state index contributed by atoms with van der Waals surface area (Å²) in [5.74, 6) is 0. The van der Waals surface area contributed by atoms with Gasteiger partial charge in [0.2, 0.25) is 0 Å². The summed E-state index contributed by atoms with van der Waals surface area (Å²) in [6.45, 7) is 0. The Balaban J connectivity index is 1.89. The van der Waals surface area contributed by atoms with Crippen LogP contribution in [0.5, 0.6) is 0 Å². The first-order chi connectivity index (χ1) is 6.34. The lowest BCUT2D eigenvalue weighted by molar-refractivity contribution is 0.462. The van der Waals surface area contributed by atoms with E-state index in [9.17, 15) is 0 Å². The highest BCUT2D eigenvalue weighted by atomic mass is 79.9. The molecule has 0 aliphatic heterocycles. The number of rotatable bonds is 2. The van der Waals surface area contributed by atoms with Crippen molar-refractivity contribution in [1.29, 1.82) is 0 Å². The zero-order valence-electron chi connectivity index (χ0n) is 7.42. The first-order valence-electron chi connectivity index (χ1n) is 4.72. The molecule has 0 radical (unpaired) electrons. The minimum absolute atomic E-state index is 0.659. The van der Waals surface area contributed by atoms with Gasteiger partial charge in [-0.25, -0.2) is 4.98 Å². The Hall–Kier alpha value is -0.0900. The maximum Gasteiger partial charge on any atom is 0.183 e. The Bertz CT molecular complexity index is 268. The summed E-state index contributed by atoms with van der Waals surface area (Å²) in [5.41, 5.74) is 0. The number of hydrogen-bond acceptors (Lipinski definition) is 3. The lowest BCUT2D eigenvalue weighted by Crippen LogP contribution is -2.21. The second kappa shape index (κ2) is 4.42. The topological polar surface area (TPSA) is 24.9 Å². The first-order valence-corrected chi connectivity index (χ1v) is 6.39. The van der Waals surface area contributed by atoms with Gasteiger partial charge in [-0.05, 0) is 28.8 Å². The van der Waals surface area contributed by atoms with Crippen LogP contribution in [-0.2, 0) is 0 Å². The van der Waals surface area contributed by atoms with Crippen LogP contribution in [-0.4, -0.2) is 11.0 Å². The molecule has 1 aliphatic rings. The molecule has 1 aromatic rings. The highest BCUT2D eigenvalue weighted by molar-refractivity contribution is 9.10. The molecule has 2 rings (SSSR count). The number of aromatic nitrogens is 1. The van der Waals surface area contributed by atoms with Gasteiger partial charge in [-0.2, -0.15) is 0 Å². The van der Waals surface area contributed by atoms with Crippen LogP contribution in [0.2, 0.25) is 0 Å². The number of nitrogens with one attached hydrogen (secondary N) is 1. The fourth-order valence-electron chi connectivity index (χ4n) is 1.74. The molecule has 0 saturated heterocycles. The number of halogens is 1. The summed E-state index contributed by atoms with van der Waals surface area (Å²) in [4.78, 5) is 4.33. The molecule has 0 unspecified atom stereocenters. The molecule has 0 amide bonds. The smallest absolute Gasteiger partial charge is 0.183 e. The quantitative estimate of drug-likeness (QED) is 0.878. The predicted octanol–water partition coefficient (Wildman–Crippen LogP) is 3.65. The summed E-state index contributed by atoms with van der Waals surface area (Å²) >= 11 is 5.03. The normalized spacial score (nSPS) is 18.8. The van der Waals surface area contributed by atoms with Crippen molar-refractivity contribution in [2.24, 2.45) is 0 Å². The molecule has 0 aromatic carbocycles. The lowest BCUT2D eigenvalue weighted by atomic mass is 9.96. The van der Waals surface area contributed by atoms with Gasteiger partial charge in [0, 0.05) is 11.4 Å². The molecule has 13 heavy (non-hydrogen) atoms. The standard InChI is InChI=1S/C9H13BrN2S/c10-8-6-13-9(12-8)11-7-4-2-1-3-5-7/h6-7H,1-5H2,(H,11,12). The van der Waals surface area contributed by atoms with Crippen LogP contribution in [0, 0.1) is 0 Å². The Morgan fingerprint density at radius 1 is 1.38 bits per heavy atom. The van der Waals surface area contributed by atoms with E-state index in [4.69, 9.17) is 0 Å².